The Balaban J connectivity index is 2.08. The molecule has 8 atom stereocenters. The molecule has 8 unspecified atom stereocenters. The van der Waals surface area contributed by atoms with E-state index in [1.807, 2.05) is 0 Å². The second-order valence-corrected chi connectivity index (χ2v) is 11.8. The molecule has 0 spiro atoms. The van der Waals surface area contributed by atoms with Crippen molar-refractivity contribution in [2.45, 2.75) is 101 Å². The topological polar surface area (TPSA) is 0 Å². The second-order valence-electron chi connectivity index (χ2n) is 11.8. The summed E-state index contributed by atoms with van der Waals surface area (Å²) in [5, 5.41) is 0. The van der Waals surface area contributed by atoms with Gasteiger partial charge in [-0.25, -0.2) is 0 Å². The molecule has 0 radical (unpaired) electrons. The van der Waals surface area contributed by atoms with Crippen molar-refractivity contribution in [3.05, 3.63) is 0 Å². The summed E-state index contributed by atoms with van der Waals surface area (Å²) in [7, 11) is 0. The van der Waals surface area contributed by atoms with Gasteiger partial charge in [-0.2, -0.15) is 0 Å². The number of rotatable bonds is 4. The number of fused-ring (bicyclic) bond motifs is 4. The van der Waals surface area contributed by atoms with Crippen LogP contribution in [0.3, 0.4) is 0 Å². The van der Waals surface area contributed by atoms with Gasteiger partial charge in [0.2, 0.25) is 0 Å². The van der Waals surface area contributed by atoms with Crippen molar-refractivity contribution in [1.29, 1.82) is 0 Å². The van der Waals surface area contributed by atoms with Crippen LogP contribution in [0.5, 0.6) is 0 Å². The molecule has 0 nitrogen and oxygen atoms in total. The van der Waals surface area contributed by atoms with E-state index in [9.17, 15) is 0 Å². The van der Waals surface area contributed by atoms with E-state index in [0.29, 0.717) is 27.1 Å². The first-order chi connectivity index (χ1) is 10.9. The van der Waals surface area contributed by atoms with Gasteiger partial charge in [0.15, 0.2) is 0 Å². The Kier molecular flexibility index (Phi) is 3.94. The molecule has 24 heavy (non-hydrogen) atoms. The molecule has 3 fully saturated rings. The van der Waals surface area contributed by atoms with Gasteiger partial charge in [-0.1, -0.05) is 75.7 Å². The summed E-state index contributed by atoms with van der Waals surface area (Å²) in [6.07, 6.45) is 7.08. The van der Waals surface area contributed by atoms with Gasteiger partial charge in [0.05, 0.1) is 0 Å². The van der Waals surface area contributed by atoms with Crippen LogP contribution < -0.4 is 0 Å². The molecule has 0 aromatic rings. The SMILES string of the molecule is CCC1(C)CC(C)(C(C)(CC)C(C)C)CC2(C)C1C1CC(C)C12C. The minimum absolute atomic E-state index is 0.450. The van der Waals surface area contributed by atoms with Crippen LogP contribution in [0.25, 0.3) is 0 Å². The Bertz CT molecular complexity index is 520. The molecule has 0 amide bonds. The molecule has 0 heteroatoms. The lowest BCUT2D eigenvalue weighted by Gasteiger charge is -2.84. The number of hydrogen-bond donors (Lipinski definition) is 0. The van der Waals surface area contributed by atoms with Crippen LogP contribution in [0, 0.1) is 50.7 Å². The van der Waals surface area contributed by atoms with Crippen molar-refractivity contribution in [2.24, 2.45) is 50.7 Å². The minimum Gasteiger partial charge on any atom is -0.0649 e. The zero-order chi connectivity index (χ0) is 18.3. The molecule has 140 valence electrons. The smallest absolute Gasteiger partial charge is 0.0212 e. The summed E-state index contributed by atoms with van der Waals surface area (Å²) in [5.41, 5.74) is 2.62. The minimum atomic E-state index is 0.450. The van der Waals surface area contributed by atoms with Gasteiger partial charge in [-0.05, 0) is 76.4 Å². The monoisotopic (exact) mass is 332 g/mol. The van der Waals surface area contributed by atoms with Gasteiger partial charge in [-0.3, -0.25) is 0 Å². The molecule has 0 heterocycles. The standard InChI is InChI=1S/C24H44/c1-11-20(6)14-21(7,22(8,12-2)16(3)4)15-23(9)19(20)18-13-17(5)24(18,23)10/h16-19H,11-15H2,1-10H3. The third-order valence-corrected chi connectivity index (χ3v) is 11.2. The maximum absolute atomic E-state index is 2.70. The molecule has 3 saturated carbocycles. The van der Waals surface area contributed by atoms with Crippen molar-refractivity contribution in [3.63, 3.8) is 0 Å². The summed E-state index contributed by atoms with van der Waals surface area (Å²) in [6, 6.07) is 0. The second kappa shape index (κ2) is 5.04. The average Bonchev–Trinajstić information content (AvgIpc) is 2.51. The molecular weight excluding hydrogens is 288 g/mol. The highest BCUT2D eigenvalue weighted by molar-refractivity contribution is 5.27. The first-order valence-electron chi connectivity index (χ1n) is 10.9. The van der Waals surface area contributed by atoms with Gasteiger partial charge < -0.3 is 0 Å². The summed E-state index contributed by atoms with van der Waals surface area (Å²) < 4.78 is 0. The fourth-order valence-electron chi connectivity index (χ4n) is 8.94. The summed E-state index contributed by atoms with van der Waals surface area (Å²) in [4.78, 5) is 0. The van der Waals surface area contributed by atoms with Crippen LogP contribution in [-0.2, 0) is 0 Å². The van der Waals surface area contributed by atoms with Crippen molar-refractivity contribution in [3.8, 4) is 0 Å². The van der Waals surface area contributed by atoms with Gasteiger partial charge in [0.1, 0.15) is 0 Å². The molecule has 0 aromatic carbocycles. The first-order valence-corrected chi connectivity index (χ1v) is 10.9. The lowest BCUT2D eigenvalue weighted by Crippen LogP contribution is -2.78. The molecule has 0 aromatic heterocycles. The predicted molar refractivity (Wildman–Crippen MR) is 106 cm³/mol. The molecule has 3 rings (SSSR count). The van der Waals surface area contributed by atoms with E-state index in [4.69, 9.17) is 0 Å². The van der Waals surface area contributed by atoms with Crippen molar-refractivity contribution < 1.29 is 0 Å². The van der Waals surface area contributed by atoms with E-state index in [1.165, 1.54) is 32.1 Å². The van der Waals surface area contributed by atoms with E-state index in [-0.39, 0.29) is 0 Å². The Labute approximate surface area is 152 Å². The molecule has 0 bridgehead atoms. The van der Waals surface area contributed by atoms with E-state index in [0.717, 1.165) is 23.7 Å². The largest absolute Gasteiger partial charge is 0.0649 e. The summed E-state index contributed by atoms with van der Waals surface area (Å²) in [5.74, 6) is 3.67. The fraction of sp³-hybridized carbons (Fsp3) is 1.00. The normalized spacial score (nSPS) is 55.9. The van der Waals surface area contributed by atoms with E-state index >= 15 is 0 Å². The third kappa shape index (κ3) is 1.77. The van der Waals surface area contributed by atoms with E-state index in [1.54, 1.807) is 0 Å². The zero-order valence-electron chi connectivity index (χ0n) is 18.3. The third-order valence-electron chi connectivity index (χ3n) is 11.2. The molecule has 3 aliphatic rings. The Morgan fingerprint density at radius 2 is 1.62 bits per heavy atom. The number of hydrogen-bond acceptors (Lipinski definition) is 0. The molecule has 3 aliphatic carbocycles. The predicted octanol–water partition coefficient (Wildman–Crippen LogP) is 7.57. The highest BCUT2D eigenvalue weighted by Crippen LogP contribution is 2.85. The van der Waals surface area contributed by atoms with Crippen LogP contribution in [0.1, 0.15) is 101 Å². The quantitative estimate of drug-likeness (QED) is 0.498. The van der Waals surface area contributed by atoms with Gasteiger partial charge in [0, 0.05) is 0 Å². The van der Waals surface area contributed by atoms with E-state index in [2.05, 4.69) is 69.2 Å². The highest BCUT2D eigenvalue weighted by Gasteiger charge is 2.79. The van der Waals surface area contributed by atoms with Crippen LogP contribution >= 0.6 is 0 Å². The summed E-state index contributed by atoms with van der Waals surface area (Å²) >= 11 is 0. The maximum atomic E-state index is 2.70. The van der Waals surface area contributed by atoms with Crippen LogP contribution in [0.2, 0.25) is 0 Å². The first kappa shape index (κ1) is 18.8. The van der Waals surface area contributed by atoms with Gasteiger partial charge in [0.25, 0.3) is 0 Å². The highest BCUT2D eigenvalue weighted by atomic mass is 14.8. The van der Waals surface area contributed by atoms with Gasteiger partial charge in [-0.15, -0.1) is 0 Å². The van der Waals surface area contributed by atoms with Crippen molar-refractivity contribution in [1.82, 2.24) is 0 Å². The van der Waals surface area contributed by atoms with Crippen LogP contribution in [0.4, 0.5) is 0 Å². The van der Waals surface area contributed by atoms with Gasteiger partial charge >= 0.3 is 0 Å². The fourth-order valence-corrected chi connectivity index (χ4v) is 8.94. The van der Waals surface area contributed by atoms with Crippen molar-refractivity contribution >= 4 is 0 Å². The Morgan fingerprint density at radius 1 is 1.04 bits per heavy atom. The molecular formula is C24H44. The lowest BCUT2D eigenvalue weighted by molar-refractivity contribution is -0.362. The maximum Gasteiger partial charge on any atom is -0.0212 e. The molecule has 0 aliphatic heterocycles. The average molecular weight is 333 g/mol. The van der Waals surface area contributed by atoms with Crippen molar-refractivity contribution in [2.75, 3.05) is 0 Å². The Morgan fingerprint density at radius 3 is 2.04 bits per heavy atom. The van der Waals surface area contributed by atoms with Crippen LogP contribution in [-0.4, -0.2) is 0 Å². The lowest BCUT2D eigenvalue weighted by atomic mass is 9.20. The zero-order valence-corrected chi connectivity index (χ0v) is 18.3. The molecule has 0 N–H and O–H groups in total. The molecule has 0 saturated heterocycles. The van der Waals surface area contributed by atoms with E-state index < -0.39 is 0 Å². The van der Waals surface area contributed by atoms with Crippen LogP contribution in [0.15, 0.2) is 0 Å². The summed E-state index contributed by atoms with van der Waals surface area (Å²) in [6.45, 7) is 25.7. The Hall–Kier alpha value is 0.